The van der Waals surface area contributed by atoms with Gasteiger partial charge < -0.3 is 5.73 Å². The highest BCUT2D eigenvalue weighted by molar-refractivity contribution is 5.42. The fourth-order valence-corrected chi connectivity index (χ4v) is 1.30. The van der Waals surface area contributed by atoms with Crippen molar-refractivity contribution in [2.75, 3.05) is 5.73 Å². The molecule has 4 nitrogen and oxygen atoms in total. The van der Waals surface area contributed by atoms with Crippen molar-refractivity contribution in [2.45, 2.75) is 6.92 Å². The molecule has 0 spiro atoms. The molecule has 0 radical (unpaired) electrons. The van der Waals surface area contributed by atoms with Gasteiger partial charge in [0, 0.05) is 6.07 Å². The van der Waals surface area contributed by atoms with E-state index in [-0.39, 0.29) is 17.6 Å². The number of rotatable bonds is 1. The van der Waals surface area contributed by atoms with Crippen molar-refractivity contribution in [1.82, 2.24) is 15.0 Å². The van der Waals surface area contributed by atoms with Gasteiger partial charge in [-0.25, -0.2) is 22.2 Å². The van der Waals surface area contributed by atoms with Crippen molar-refractivity contribution >= 4 is 5.82 Å². The molecule has 1 heterocycles. The highest BCUT2D eigenvalue weighted by Crippen LogP contribution is 2.24. The number of nitrogens with two attached hydrogens (primary N) is 1. The lowest BCUT2D eigenvalue weighted by Gasteiger charge is -2.07. The maximum Gasteiger partial charge on any atom is 0.187 e. The summed E-state index contributed by atoms with van der Waals surface area (Å²) in [6, 6.07) is 0.115. The van der Waals surface area contributed by atoms with E-state index in [1.807, 2.05) is 0 Å². The molecule has 1 aromatic heterocycles. The predicted molar refractivity (Wildman–Crippen MR) is 50.3 cm³/mol. The Labute approximate surface area is 92.7 Å². The Hall–Kier alpha value is -2.12. The van der Waals surface area contributed by atoms with E-state index in [1.165, 1.54) is 6.92 Å². The Balaban J connectivity index is 2.79. The van der Waals surface area contributed by atoms with E-state index in [2.05, 4.69) is 10.3 Å². The zero-order valence-electron chi connectivity index (χ0n) is 8.51. The molecule has 0 saturated carbocycles. The fourth-order valence-electron chi connectivity index (χ4n) is 1.30. The number of hydrogen-bond acceptors (Lipinski definition) is 3. The van der Waals surface area contributed by atoms with Crippen LogP contribution in [0.4, 0.5) is 23.4 Å². The number of nitrogen functional groups attached to an aromatic ring is 1. The number of aromatic nitrogens is 3. The minimum absolute atomic E-state index is 0.0767. The first-order chi connectivity index (χ1) is 7.93. The number of benzene rings is 1. The highest BCUT2D eigenvalue weighted by Gasteiger charge is 2.23. The first-order valence-electron chi connectivity index (χ1n) is 4.44. The molecule has 17 heavy (non-hydrogen) atoms. The third-order valence-corrected chi connectivity index (χ3v) is 2.23. The van der Waals surface area contributed by atoms with Crippen LogP contribution in [0.25, 0.3) is 5.69 Å². The normalized spacial score (nSPS) is 10.9. The van der Waals surface area contributed by atoms with Gasteiger partial charge in [0.1, 0.15) is 5.69 Å². The molecule has 0 fully saturated rings. The zero-order chi connectivity index (χ0) is 12.7. The van der Waals surface area contributed by atoms with Gasteiger partial charge in [0.2, 0.25) is 0 Å². The Bertz CT molecular complexity index is 567. The summed E-state index contributed by atoms with van der Waals surface area (Å²) in [6.45, 7) is 1.36. The van der Waals surface area contributed by atoms with Crippen molar-refractivity contribution in [2.24, 2.45) is 0 Å². The predicted octanol–water partition coefficient (Wildman–Crippen LogP) is 1.71. The van der Waals surface area contributed by atoms with Gasteiger partial charge in [-0.15, -0.1) is 5.10 Å². The minimum atomic E-state index is -1.56. The largest absolute Gasteiger partial charge is 0.381 e. The van der Waals surface area contributed by atoms with Crippen molar-refractivity contribution in [3.63, 3.8) is 0 Å². The summed E-state index contributed by atoms with van der Waals surface area (Å²) >= 11 is 0. The first-order valence-corrected chi connectivity index (χ1v) is 4.44. The molecular weight excluding hydrogens is 240 g/mol. The van der Waals surface area contributed by atoms with Crippen LogP contribution in [0.2, 0.25) is 0 Å². The molecule has 2 N–H and O–H groups in total. The molecular formula is C9H6F4N4. The maximum atomic E-state index is 13.4. The molecule has 2 rings (SSSR count). The summed E-state index contributed by atoms with van der Waals surface area (Å²) in [6.07, 6.45) is 0. The van der Waals surface area contributed by atoms with E-state index in [1.54, 1.807) is 0 Å². The van der Waals surface area contributed by atoms with Crippen LogP contribution < -0.4 is 5.73 Å². The van der Waals surface area contributed by atoms with Gasteiger partial charge in [0.25, 0.3) is 0 Å². The van der Waals surface area contributed by atoms with Crippen molar-refractivity contribution in [3.8, 4) is 5.69 Å². The molecule has 0 amide bonds. The van der Waals surface area contributed by atoms with Gasteiger partial charge in [-0.05, 0) is 6.92 Å². The zero-order valence-corrected chi connectivity index (χ0v) is 8.51. The lowest BCUT2D eigenvalue weighted by Crippen LogP contribution is -2.09. The Morgan fingerprint density at radius 1 is 1.12 bits per heavy atom. The Morgan fingerprint density at radius 3 is 2.06 bits per heavy atom. The van der Waals surface area contributed by atoms with Crippen LogP contribution in [0.1, 0.15) is 5.69 Å². The molecule has 0 aliphatic heterocycles. The van der Waals surface area contributed by atoms with Crippen molar-refractivity contribution < 1.29 is 17.6 Å². The molecule has 1 aromatic carbocycles. The first kappa shape index (κ1) is 11.4. The molecule has 0 atom stereocenters. The minimum Gasteiger partial charge on any atom is -0.381 e. The average Bonchev–Trinajstić information content (AvgIpc) is 2.59. The van der Waals surface area contributed by atoms with E-state index >= 15 is 0 Å². The quantitative estimate of drug-likeness (QED) is 0.615. The Morgan fingerprint density at radius 2 is 1.65 bits per heavy atom. The van der Waals surface area contributed by atoms with E-state index in [9.17, 15) is 17.6 Å². The SMILES string of the molecule is Cc1c(N)nnn1-c1c(F)c(F)cc(F)c1F. The number of hydrogen-bond donors (Lipinski definition) is 1. The third kappa shape index (κ3) is 1.61. The van der Waals surface area contributed by atoms with E-state index < -0.39 is 29.0 Å². The summed E-state index contributed by atoms with van der Waals surface area (Å²) in [4.78, 5) is 0. The molecule has 2 aromatic rings. The molecule has 0 bridgehead atoms. The van der Waals surface area contributed by atoms with Gasteiger partial charge in [0.15, 0.2) is 29.1 Å². The Kier molecular flexibility index (Phi) is 2.49. The van der Waals surface area contributed by atoms with Crippen molar-refractivity contribution in [1.29, 1.82) is 0 Å². The second-order valence-corrected chi connectivity index (χ2v) is 3.29. The van der Waals surface area contributed by atoms with Gasteiger partial charge in [0.05, 0.1) is 5.69 Å². The van der Waals surface area contributed by atoms with E-state index in [0.29, 0.717) is 4.68 Å². The summed E-state index contributed by atoms with van der Waals surface area (Å²) < 4.78 is 53.4. The monoisotopic (exact) mass is 246 g/mol. The molecule has 0 saturated heterocycles. The molecule has 0 aliphatic carbocycles. The summed E-state index contributed by atoms with van der Waals surface area (Å²) in [5, 5.41) is 6.66. The average molecular weight is 246 g/mol. The van der Waals surface area contributed by atoms with Crippen LogP contribution >= 0.6 is 0 Å². The topological polar surface area (TPSA) is 56.7 Å². The van der Waals surface area contributed by atoms with E-state index in [0.717, 1.165) is 0 Å². The van der Waals surface area contributed by atoms with Gasteiger partial charge in [-0.1, -0.05) is 5.21 Å². The summed E-state index contributed by atoms with van der Waals surface area (Å²) in [5.41, 5.74) is 4.42. The molecule has 0 aliphatic rings. The van der Waals surface area contributed by atoms with Crippen LogP contribution in [0.3, 0.4) is 0 Å². The number of anilines is 1. The smallest absolute Gasteiger partial charge is 0.187 e. The van der Waals surface area contributed by atoms with Gasteiger partial charge in [-0.3, -0.25) is 0 Å². The fraction of sp³-hybridized carbons (Fsp3) is 0.111. The maximum absolute atomic E-state index is 13.4. The van der Waals surface area contributed by atoms with Crippen LogP contribution in [0.5, 0.6) is 0 Å². The number of halogens is 4. The molecule has 8 heteroatoms. The van der Waals surface area contributed by atoms with Crippen molar-refractivity contribution in [3.05, 3.63) is 35.0 Å². The van der Waals surface area contributed by atoms with Gasteiger partial charge >= 0.3 is 0 Å². The van der Waals surface area contributed by atoms with Crippen LogP contribution in [-0.4, -0.2) is 15.0 Å². The molecule has 90 valence electrons. The summed E-state index contributed by atoms with van der Waals surface area (Å²) in [7, 11) is 0. The lowest BCUT2D eigenvalue weighted by atomic mass is 10.2. The lowest BCUT2D eigenvalue weighted by molar-refractivity contribution is 0.442. The van der Waals surface area contributed by atoms with Crippen LogP contribution in [0.15, 0.2) is 6.07 Å². The van der Waals surface area contributed by atoms with Crippen LogP contribution in [0, 0.1) is 30.2 Å². The van der Waals surface area contributed by atoms with E-state index in [4.69, 9.17) is 5.73 Å². The molecule has 0 unspecified atom stereocenters. The standard InChI is InChI=1S/C9H6F4N4/c1-3-9(14)15-16-17(3)8-6(12)4(10)2-5(11)7(8)13/h2H,14H2,1H3. The van der Waals surface area contributed by atoms with Crippen LogP contribution in [-0.2, 0) is 0 Å². The second kappa shape index (κ2) is 3.72. The second-order valence-electron chi connectivity index (χ2n) is 3.29. The van der Waals surface area contributed by atoms with Gasteiger partial charge in [-0.2, -0.15) is 0 Å². The summed E-state index contributed by atoms with van der Waals surface area (Å²) in [5.74, 6) is -6.25. The third-order valence-electron chi connectivity index (χ3n) is 2.23. The number of nitrogens with zero attached hydrogens (tertiary/aromatic N) is 3. The highest BCUT2D eigenvalue weighted by atomic mass is 19.2.